The van der Waals surface area contributed by atoms with Crippen molar-refractivity contribution in [1.29, 1.82) is 0 Å². The number of carbonyl (C=O) groups is 1. The summed E-state index contributed by atoms with van der Waals surface area (Å²) in [7, 11) is 1.66. The lowest BCUT2D eigenvalue weighted by Gasteiger charge is -2.36. The van der Waals surface area contributed by atoms with E-state index in [1.54, 1.807) is 18.4 Å². The molecule has 2 heterocycles. The molecule has 1 atom stereocenters. The number of piperidine rings is 1. The van der Waals surface area contributed by atoms with E-state index in [0.717, 1.165) is 24.2 Å². The third-order valence-corrected chi connectivity index (χ3v) is 7.11. The molecule has 0 radical (unpaired) electrons. The van der Waals surface area contributed by atoms with Gasteiger partial charge in [0.1, 0.15) is 6.61 Å². The van der Waals surface area contributed by atoms with Gasteiger partial charge in [0.2, 0.25) is 0 Å². The van der Waals surface area contributed by atoms with Crippen molar-refractivity contribution >= 4 is 17.3 Å². The maximum Gasteiger partial charge on any atom is 0.306 e. The minimum Gasteiger partial charge on any atom is -0.493 e. The monoisotopic (exact) mass is 451 g/mol. The van der Waals surface area contributed by atoms with E-state index in [1.807, 2.05) is 36.4 Å². The van der Waals surface area contributed by atoms with Crippen LogP contribution in [0.4, 0.5) is 0 Å². The summed E-state index contributed by atoms with van der Waals surface area (Å²) in [4.78, 5) is 15.1. The quantitative estimate of drug-likeness (QED) is 0.488. The molecule has 0 amide bonds. The van der Waals surface area contributed by atoms with Crippen molar-refractivity contribution in [2.45, 2.75) is 32.4 Å². The Morgan fingerprint density at radius 3 is 2.50 bits per heavy atom. The average Bonchev–Trinajstić information content (AvgIpc) is 3.24. The fourth-order valence-corrected chi connectivity index (χ4v) is 5.32. The van der Waals surface area contributed by atoms with Crippen LogP contribution in [-0.2, 0) is 11.4 Å². The van der Waals surface area contributed by atoms with Crippen molar-refractivity contribution in [2.75, 3.05) is 20.2 Å². The first-order chi connectivity index (χ1) is 15.5. The zero-order valence-corrected chi connectivity index (χ0v) is 19.3. The molecule has 0 spiro atoms. The van der Waals surface area contributed by atoms with Crippen LogP contribution >= 0.6 is 11.3 Å². The zero-order valence-electron chi connectivity index (χ0n) is 18.5. The van der Waals surface area contributed by atoms with Crippen molar-refractivity contribution in [2.24, 2.45) is 5.92 Å². The number of rotatable bonds is 8. The standard InChI is InChI=1S/C26H29NO4S/c1-18-14-24(32-17-18)25(27-12-10-20(11-13-27)26(28)29)21-8-9-22(23(15-21)30-2)31-16-19-6-4-3-5-7-19/h3-9,14-15,17,20,25H,10-13,16H2,1-2H3,(H,28,29). The molecule has 1 aliphatic rings. The number of benzene rings is 2. The van der Waals surface area contributed by atoms with Gasteiger partial charge in [-0.15, -0.1) is 11.3 Å². The second-order valence-electron chi connectivity index (χ2n) is 8.26. The molecule has 168 valence electrons. The Hall–Kier alpha value is -2.83. The predicted octanol–water partition coefficient (Wildman–Crippen LogP) is 5.53. The number of hydrogen-bond donors (Lipinski definition) is 1. The fraction of sp³-hybridized carbons (Fsp3) is 0.346. The van der Waals surface area contributed by atoms with Gasteiger partial charge in [0, 0.05) is 4.88 Å². The summed E-state index contributed by atoms with van der Waals surface area (Å²) in [5, 5.41) is 11.6. The molecule has 1 unspecified atom stereocenters. The minimum atomic E-state index is -0.685. The van der Waals surface area contributed by atoms with E-state index in [2.05, 4.69) is 35.4 Å². The summed E-state index contributed by atoms with van der Waals surface area (Å²) in [5.41, 5.74) is 3.47. The SMILES string of the molecule is COc1cc(C(c2cc(C)cs2)N2CCC(C(=O)O)CC2)ccc1OCc1ccccc1. The van der Waals surface area contributed by atoms with Gasteiger partial charge in [-0.25, -0.2) is 0 Å². The Morgan fingerprint density at radius 2 is 1.88 bits per heavy atom. The molecule has 1 saturated heterocycles. The van der Waals surface area contributed by atoms with Crippen LogP contribution in [0.25, 0.3) is 0 Å². The molecular formula is C26H29NO4S. The first kappa shape index (κ1) is 22.4. The van der Waals surface area contributed by atoms with Crippen molar-refractivity contribution in [3.8, 4) is 11.5 Å². The first-order valence-corrected chi connectivity index (χ1v) is 11.8. The Labute approximate surface area is 193 Å². The summed E-state index contributed by atoms with van der Waals surface area (Å²) < 4.78 is 11.7. The van der Waals surface area contributed by atoms with Crippen molar-refractivity contribution in [1.82, 2.24) is 4.90 Å². The van der Waals surface area contributed by atoms with Crippen molar-refractivity contribution in [3.05, 3.63) is 81.5 Å². The Kier molecular flexibility index (Phi) is 7.12. The van der Waals surface area contributed by atoms with Crippen LogP contribution in [0.5, 0.6) is 11.5 Å². The molecule has 5 nitrogen and oxygen atoms in total. The third kappa shape index (κ3) is 5.14. The zero-order chi connectivity index (χ0) is 22.5. The number of thiophene rings is 1. The lowest BCUT2D eigenvalue weighted by molar-refractivity contribution is -0.143. The highest BCUT2D eigenvalue weighted by molar-refractivity contribution is 7.10. The van der Waals surface area contributed by atoms with E-state index in [0.29, 0.717) is 30.9 Å². The molecule has 32 heavy (non-hydrogen) atoms. The van der Waals surface area contributed by atoms with Crippen molar-refractivity contribution < 1.29 is 19.4 Å². The molecule has 2 aromatic carbocycles. The molecule has 1 fully saturated rings. The average molecular weight is 452 g/mol. The van der Waals surface area contributed by atoms with Crippen LogP contribution in [0.1, 0.15) is 40.5 Å². The summed E-state index contributed by atoms with van der Waals surface area (Å²) in [6, 6.07) is 18.5. The fourth-order valence-electron chi connectivity index (χ4n) is 4.27. The summed E-state index contributed by atoms with van der Waals surface area (Å²) in [6.45, 7) is 4.10. The second kappa shape index (κ2) is 10.2. The number of carboxylic acid groups (broad SMARTS) is 1. The smallest absolute Gasteiger partial charge is 0.306 e. The van der Waals surface area contributed by atoms with E-state index in [-0.39, 0.29) is 12.0 Å². The molecule has 0 saturated carbocycles. The highest BCUT2D eigenvalue weighted by Gasteiger charge is 2.31. The lowest BCUT2D eigenvalue weighted by atomic mass is 9.93. The van der Waals surface area contributed by atoms with Gasteiger partial charge in [-0.1, -0.05) is 36.4 Å². The summed E-state index contributed by atoms with van der Waals surface area (Å²) >= 11 is 1.75. The molecular weight excluding hydrogens is 422 g/mol. The number of likely N-dealkylation sites (tertiary alicyclic amines) is 1. The van der Waals surface area contributed by atoms with Gasteiger partial charge in [-0.2, -0.15) is 0 Å². The van der Waals surface area contributed by atoms with Gasteiger partial charge in [0.05, 0.1) is 19.1 Å². The number of aliphatic carboxylic acids is 1. The van der Waals surface area contributed by atoms with Gasteiger partial charge >= 0.3 is 5.97 Å². The minimum absolute atomic E-state index is 0.0699. The topological polar surface area (TPSA) is 59.0 Å². The van der Waals surface area contributed by atoms with E-state index in [4.69, 9.17) is 9.47 Å². The summed E-state index contributed by atoms with van der Waals surface area (Å²) in [6.07, 6.45) is 1.34. The van der Waals surface area contributed by atoms with E-state index >= 15 is 0 Å². The first-order valence-electron chi connectivity index (χ1n) is 10.9. The molecule has 1 aliphatic heterocycles. The third-order valence-electron chi connectivity index (χ3n) is 6.00. The number of aryl methyl sites for hydroxylation is 1. The van der Waals surface area contributed by atoms with Crippen LogP contribution in [0.2, 0.25) is 0 Å². The predicted molar refractivity (Wildman–Crippen MR) is 127 cm³/mol. The molecule has 6 heteroatoms. The van der Waals surface area contributed by atoms with E-state index in [1.165, 1.54) is 10.4 Å². The van der Waals surface area contributed by atoms with Crippen LogP contribution in [-0.4, -0.2) is 36.2 Å². The van der Waals surface area contributed by atoms with Crippen LogP contribution in [0.3, 0.4) is 0 Å². The van der Waals surface area contributed by atoms with Crippen LogP contribution < -0.4 is 9.47 Å². The Bertz CT molecular complexity index is 1040. The molecule has 0 aliphatic carbocycles. The number of methoxy groups -OCH3 is 1. The molecule has 1 aromatic heterocycles. The number of hydrogen-bond acceptors (Lipinski definition) is 5. The summed E-state index contributed by atoms with van der Waals surface area (Å²) in [5.74, 6) is 0.484. The highest BCUT2D eigenvalue weighted by Crippen LogP contribution is 2.39. The van der Waals surface area contributed by atoms with E-state index in [9.17, 15) is 9.90 Å². The Balaban J connectivity index is 1.58. The van der Waals surface area contributed by atoms with Gasteiger partial charge in [-0.3, -0.25) is 9.69 Å². The number of nitrogens with zero attached hydrogens (tertiary/aromatic N) is 1. The van der Waals surface area contributed by atoms with Gasteiger partial charge in [-0.05, 0) is 73.1 Å². The normalized spacial score (nSPS) is 15.9. The van der Waals surface area contributed by atoms with Crippen molar-refractivity contribution in [3.63, 3.8) is 0 Å². The van der Waals surface area contributed by atoms with Crippen LogP contribution in [0.15, 0.2) is 60.0 Å². The molecule has 4 rings (SSSR count). The molecule has 0 bridgehead atoms. The van der Waals surface area contributed by atoms with Gasteiger partial charge in [0.15, 0.2) is 11.5 Å². The maximum atomic E-state index is 11.4. The Morgan fingerprint density at radius 1 is 1.12 bits per heavy atom. The largest absolute Gasteiger partial charge is 0.493 e. The molecule has 3 aromatic rings. The number of carboxylic acids is 1. The number of ether oxygens (including phenoxy) is 2. The highest BCUT2D eigenvalue weighted by atomic mass is 32.1. The second-order valence-corrected chi connectivity index (χ2v) is 9.20. The molecule has 1 N–H and O–H groups in total. The van der Waals surface area contributed by atoms with Gasteiger partial charge in [0.25, 0.3) is 0 Å². The lowest BCUT2D eigenvalue weighted by Crippen LogP contribution is -2.39. The maximum absolute atomic E-state index is 11.4. The van der Waals surface area contributed by atoms with Gasteiger partial charge < -0.3 is 14.6 Å². The van der Waals surface area contributed by atoms with E-state index < -0.39 is 5.97 Å². The van der Waals surface area contributed by atoms with Crippen LogP contribution in [0, 0.1) is 12.8 Å².